The van der Waals surface area contributed by atoms with Gasteiger partial charge in [-0.05, 0) is 56.6 Å². The minimum Gasteiger partial charge on any atom is -0.459 e. The van der Waals surface area contributed by atoms with Crippen molar-refractivity contribution < 1.29 is 24.0 Å². The molecule has 1 aromatic carbocycles. The Morgan fingerprint density at radius 1 is 1.10 bits per heavy atom. The molecule has 1 saturated carbocycles. The summed E-state index contributed by atoms with van der Waals surface area (Å²) in [5.41, 5.74) is -0.675. The van der Waals surface area contributed by atoms with Gasteiger partial charge in [0.15, 0.2) is 0 Å². The predicted octanol–water partition coefficient (Wildman–Crippen LogP) is 4.18. The zero-order valence-electron chi connectivity index (χ0n) is 17.6. The summed E-state index contributed by atoms with van der Waals surface area (Å²) in [4.78, 5) is 36.9. The highest BCUT2D eigenvalue weighted by Crippen LogP contribution is 2.58. The van der Waals surface area contributed by atoms with E-state index in [-0.39, 0.29) is 28.7 Å². The Bertz CT molecular complexity index is 811. The smallest absolute Gasteiger partial charge is 0.410 e. The second-order valence-electron chi connectivity index (χ2n) is 9.70. The molecule has 1 heterocycles. The van der Waals surface area contributed by atoms with Gasteiger partial charge in [-0.1, -0.05) is 13.8 Å². The van der Waals surface area contributed by atoms with E-state index in [0.29, 0.717) is 31.5 Å². The molecular formula is C21H28N2O6. The van der Waals surface area contributed by atoms with Gasteiger partial charge in [-0.2, -0.15) is 0 Å². The summed E-state index contributed by atoms with van der Waals surface area (Å²) < 4.78 is 11.2. The van der Waals surface area contributed by atoms with Crippen LogP contribution in [0.1, 0.15) is 57.8 Å². The number of nitro groups is 1. The van der Waals surface area contributed by atoms with E-state index in [9.17, 15) is 19.7 Å². The van der Waals surface area contributed by atoms with Gasteiger partial charge in [0.05, 0.1) is 10.5 Å². The number of hydrogen-bond donors (Lipinski definition) is 0. The quantitative estimate of drug-likeness (QED) is 0.426. The van der Waals surface area contributed by atoms with Gasteiger partial charge in [-0.3, -0.25) is 10.1 Å². The highest BCUT2D eigenvalue weighted by atomic mass is 16.6. The molecule has 1 amide bonds. The first-order chi connectivity index (χ1) is 13.3. The molecule has 3 atom stereocenters. The van der Waals surface area contributed by atoms with Crippen molar-refractivity contribution in [2.24, 2.45) is 10.8 Å². The second-order valence-corrected chi connectivity index (χ2v) is 9.70. The monoisotopic (exact) mass is 404 g/mol. The molecule has 1 aliphatic heterocycles. The second kappa shape index (κ2) is 7.00. The van der Waals surface area contributed by atoms with Gasteiger partial charge >= 0.3 is 12.1 Å². The van der Waals surface area contributed by atoms with E-state index < -0.39 is 16.5 Å². The van der Waals surface area contributed by atoms with Crippen LogP contribution in [0.25, 0.3) is 0 Å². The molecule has 0 aromatic heterocycles. The lowest BCUT2D eigenvalue weighted by Gasteiger charge is -2.31. The number of carbonyl (C=O) groups excluding carboxylic acids is 2. The summed E-state index contributed by atoms with van der Waals surface area (Å²) in [6.45, 7) is 10.9. The van der Waals surface area contributed by atoms with Crippen LogP contribution in [0.2, 0.25) is 0 Å². The number of non-ortho nitro benzene ring substituents is 1. The molecule has 1 aromatic rings. The van der Waals surface area contributed by atoms with Crippen LogP contribution in [0.4, 0.5) is 10.5 Å². The van der Waals surface area contributed by atoms with E-state index >= 15 is 0 Å². The fourth-order valence-corrected chi connectivity index (χ4v) is 4.46. The van der Waals surface area contributed by atoms with Crippen LogP contribution >= 0.6 is 0 Å². The van der Waals surface area contributed by atoms with Crippen LogP contribution in [0.15, 0.2) is 24.3 Å². The fourth-order valence-electron chi connectivity index (χ4n) is 4.46. The molecule has 8 nitrogen and oxygen atoms in total. The SMILES string of the molecule is CC(C)(C)OC(=O)N1C[C@]2(C)CC(OC(=O)c3ccc([N+](=O)[O-])cc3)C[C@]2(C)C1. The van der Waals surface area contributed by atoms with Crippen LogP contribution in [0, 0.1) is 20.9 Å². The summed E-state index contributed by atoms with van der Waals surface area (Å²) in [7, 11) is 0. The van der Waals surface area contributed by atoms with Gasteiger partial charge in [0, 0.05) is 25.2 Å². The van der Waals surface area contributed by atoms with Crippen LogP contribution in [0.3, 0.4) is 0 Å². The molecular weight excluding hydrogens is 376 g/mol. The van der Waals surface area contributed by atoms with Crippen molar-refractivity contribution in [2.75, 3.05) is 13.1 Å². The average Bonchev–Trinajstić information content (AvgIpc) is 2.97. The van der Waals surface area contributed by atoms with Gasteiger partial charge in [-0.25, -0.2) is 9.59 Å². The van der Waals surface area contributed by atoms with Gasteiger partial charge in [0.25, 0.3) is 5.69 Å². The van der Waals surface area contributed by atoms with E-state index in [4.69, 9.17) is 9.47 Å². The molecule has 2 fully saturated rings. The Labute approximate surface area is 170 Å². The number of likely N-dealkylation sites (tertiary alicyclic amines) is 1. The molecule has 0 radical (unpaired) electrons. The number of nitrogens with zero attached hydrogens (tertiary/aromatic N) is 2. The predicted molar refractivity (Wildman–Crippen MR) is 106 cm³/mol. The zero-order valence-corrected chi connectivity index (χ0v) is 17.6. The molecule has 1 unspecified atom stereocenters. The van der Waals surface area contributed by atoms with Crippen molar-refractivity contribution in [3.05, 3.63) is 39.9 Å². The van der Waals surface area contributed by atoms with E-state index in [1.807, 2.05) is 20.8 Å². The highest BCUT2D eigenvalue weighted by molar-refractivity contribution is 5.89. The van der Waals surface area contributed by atoms with Crippen LogP contribution in [-0.2, 0) is 9.47 Å². The Morgan fingerprint density at radius 2 is 1.62 bits per heavy atom. The molecule has 1 saturated heterocycles. The number of benzene rings is 1. The van der Waals surface area contributed by atoms with E-state index in [0.717, 1.165) is 0 Å². The van der Waals surface area contributed by atoms with Crippen molar-refractivity contribution in [1.29, 1.82) is 0 Å². The molecule has 3 rings (SSSR count). The number of esters is 1. The first-order valence-corrected chi connectivity index (χ1v) is 9.75. The molecule has 0 spiro atoms. The maximum Gasteiger partial charge on any atom is 0.410 e. The highest BCUT2D eigenvalue weighted by Gasteiger charge is 2.60. The number of hydrogen-bond acceptors (Lipinski definition) is 6. The van der Waals surface area contributed by atoms with Crippen molar-refractivity contribution in [3.8, 4) is 0 Å². The van der Waals surface area contributed by atoms with Gasteiger partial charge in [0.2, 0.25) is 0 Å². The Balaban J connectivity index is 1.63. The first kappa shape index (κ1) is 21.1. The van der Waals surface area contributed by atoms with Crippen LogP contribution in [-0.4, -0.2) is 46.7 Å². The lowest BCUT2D eigenvalue weighted by molar-refractivity contribution is -0.384. The van der Waals surface area contributed by atoms with E-state index in [2.05, 4.69) is 13.8 Å². The summed E-state index contributed by atoms with van der Waals surface area (Å²) in [5.74, 6) is -0.485. The third-order valence-electron chi connectivity index (χ3n) is 6.13. The number of nitro benzene ring substituents is 1. The normalized spacial score (nSPS) is 28.7. The maximum atomic E-state index is 12.5. The summed E-state index contributed by atoms with van der Waals surface area (Å²) in [6, 6.07) is 5.40. The fraction of sp³-hybridized carbons (Fsp3) is 0.619. The van der Waals surface area contributed by atoms with Crippen LogP contribution in [0.5, 0.6) is 0 Å². The zero-order chi connectivity index (χ0) is 21.6. The van der Waals surface area contributed by atoms with Gasteiger partial charge in [0.1, 0.15) is 11.7 Å². The van der Waals surface area contributed by atoms with Crippen molar-refractivity contribution in [2.45, 2.75) is 59.2 Å². The minimum atomic E-state index is -0.542. The maximum absolute atomic E-state index is 12.5. The molecule has 0 N–H and O–H groups in total. The number of carbonyl (C=O) groups is 2. The number of rotatable bonds is 3. The number of amides is 1. The molecule has 158 valence electrons. The molecule has 2 aliphatic rings. The summed E-state index contributed by atoms with van der Waals surface area (Å²) in [5, 5.41) is 10.7. The number of fused-ring (bicyclic) bond motifs is 1. The topological polar surface area (TPSA) is 99.0 Å². The third-order valence-corrected chi connectivity index (χ3v) is 6.13. The Morgan fingerprint density at radius 3 is 2.07 bits per heavy atom. The van der Waals surface area contributed by atoms with Gasteiger partial charge < -0.3 is 14.4 Å². The standard InChI is InChI=1S/C21H28N2O6/c1-19(2,3)29-18(25)22-12-20(4)10-16(11-21(20,5)13-22)28-17(24)14-6-8-15(9-7-14)23(26)27/h6-9,16H,10-13H2,1-5H3/t16?,20-,21+. The van der Waals surface area contributed by atoms with Crippen molar-refractivity contribution in [1.82, 2.24) is 4.90 Å². The van der Waals surface area contributed by atoms with Crippen molar-refractivity contribution >= 4 is 17.7 Å². The lowest BCUT2D eigenvalue weighted by Crippen LogP contribution is -2.37. The molecule has 0 bridgehead atoms. The molecule has 8 heteroatoms. The summed E-state index contributed by atoms with van der Waals surface area (Å²) >= 11 is 0. The summed E-state index contributed by atoms with van der Waals surface area (Å²) in [6.07, 6.45) is 0.741. The molecule has 29 heavy (non-hydrogen) atoms. The van der Waals surface area contributed by atoms with E-state index in [1.54, 1.807) is 4.90 Å². The first-order valence-electron chi connectivity index (χ1n) is 9.75. The van der Waals surface area contributed by atoms with Crippen molar-refractivity contribution in [3.63, 3.8) is 0 Å². The van der Waals surface area contributed by atoms with E-state index in [1.165, 1.54) is 24.3 Å². The van der Waals surface area contributed by atoms with Gasteiger partial charge in [-0.15, -0.1) is 0 Å². The minimum absolute atomic E-state index is 0.0702. The van der Waals surface area contributed by atoms with Crippen LogP contribution < -0.4 is 0 Å². The Hall–Kier alpha value is -2.64. The lowest BCUT2D eigenvalue weighted by atomic mass is 9.71. The largest absolute Gasteiger partial charge is 0.459 e. The molecule has 1 aliphatic carbocycles. The number of ether oxygens (including phenoxy) is 2. The third kappa shape index (κ3) is 4.21. The average molecular weight is 404 g/mol. The Kier molecular flexibility index (Phi) is 5.09.